The number of nitrogens with one attached hydrogen (secondary N) is 1. The summed E-state index contributed by atoms with van der Waals surface area (Å²) in [6, 6.07) is 2.01. The van der Waals surface area contributed by atoms with E-state index in [0.717, 1.165) is 38.4 Å². The van der Waals surface area contributed by atoms with Crippen molar-refractivity contribution in [2.24, 2.45) is 0 Å². The van der Waals surface area contributed by atoms with Crippen molar-refractivity contribution in [2.75, 3.05) is 26.7 Å². The van der Waals surface area contributed by atoms with Gasteiger partial charge in [-0.25, -0.2) is 0 Å². The molecule has 0 aliphatic heterocycles. The third kappa shape index (κ3) is 4.52. The van der Waals surface area contributed by atoms with Crippen LogP contribution in [0.3, 0.4) is 0 Å². The lowest BCUT2D eigenvalue weighted by atomic mass is 10.2. The number of terminal acetylenes is 1. The van der Waals surface area contributed by atoms with Crippen molar-refractivity contribution >= 4 is 0 Å². The SMILES string of the molecule is C#CCN(C)CCCNCc1ccoc1C. The Morgan fingerprint density at radius 1 is 1.56 bits per heavy atom. The van der Waals surface area contributed by atoms with Crippen LogP contribution in [-0.4, -0.2) is 31.6 Å². The summed E-state index contributed by atoms with van der Waals surface area (Å²) in [4.78, 5) is 2.14. The van der Waals surface area contributed by atoms with Gasteiger partial charge in [0.05, 0.1) is 12.8 Å². The molecule has 0 amide bonds. The minimum atomic E-state index is 0.723. The van der Waals surface area contributed by atoms with Crippen LogP contribution in [0, 0.1) is 19.3 Å². The molecule has 1 rings (SSSR count). The zero-order valence-corrected chi connectivity index (χ0v) is 10.1. The van der Waals surface area contributed by atoms with Crippen LogP contribution in [0.25, 0.3) is 0 Å². The van der Waals surface area contributed by atoms with E-state index >= 15 is 0 Å². The van der Waals surface area contributed by atoms with Crippen LogP contribution in [0.2, 0.25) is 0 Å². The zero-order valence-electron chi connectivity index (χ0n) is 10.1. The molecule has 0 unspecified atom stereocenters. The summed E-state index contributed by atoms with van der Waals surface area (Å²) in [6.45, 7) is 5.61. The number of rotatable bonds is 7. The molecule has 88 valence electrons. The van der Waals surface area contributed by atoms with Crippen LogP contribution in [0.1, 0.15) is 17.7 Å². The largest absolute Gasteiger partial charge is 0.469 e. The molecule has 1 aromatic heterocycles. The molecule has 0 aliphatic carbocycles. The van der Waals surface area contributed by atoms with Gasteiger partial charge in [-0.3, -0.25) is 4.90 Å². The van der Waals surface area contributed by atoms with Crippen molar-refractivity contribution in [1.29, 1.82) is 0 Å². The van der Waals surface area contributed by atoms with E-state index in [1.807, 2.05) is 20.0 Å². The number of hydrogen-bond donors (Lipinski definition) is 1. The second-order valence-electron chi connectivity index (χ2n) is 3.97. The molecule has 3 heteroatoms. The number of aryl methyl sites for hydroxylation is 1. The molecule has 0 radical (unpaired) electrons. The number of furan rings is 1. The highest BCUT2D eigenvalue weighted by Gasteiger charge is 2.00. The summed E-state index contributed by atoms with van der Waals surface area (Å²) >= 11 is 0. The smallest absolute Gasteiger partial charge is 0.105 e. The lowest BCUT2D eigenvalue weighted by Gasteiger charge is -2.12. The maximum Gasteiger partial charge on any atom is 0.105 e. The van der Waals surface area contributed by atoms with Crippen molar-refractivity contribution in [1.82, 2.24) is 10.2 Å². The molecule has 0 aliphatic rings. The molecular weight excluding hydrogens is 200 g/mol. The predicted octanol–water partition coefficient (Wildman–Crippen LogP) is 1.63. The van der Waals surface area contributed by atoms with Gasteiger partial charge in [0.15, 0.2) is 0 Å². The highest BCUT2D eigenvalue weighted by atomic mass is 16.3. The van der Waals surface area contributed by atoms with E-state index in [2.05, 4.69) is 16.1 Å². The van der Waals surface area contributed by atoms with Crippen LogP contribution < -0.4 is 5.32 Å². The van der Waals surface area contributed by atoms with Gasteiger partial charge >= 0.3 is 0 Å². The molecule has 1 heterocycles. The second-order valence-corrected chi connectivity index (χ2v) is 3.97. The first kappa shape index (κ1) is 12.8. The fourth-order valence-electron chi connectivity index (χ4n) is 1.53. The number of hydrogen-bond acceptors (Lipinski definition) is 3. The second kappa shape index (κ2) is 7.10. The Morgan fingerprint density at radius 2 is 2.38 bits per heavy atom. The van der Waals surface area contributed by atoms with Gasteiger partial charge in [-0.05, 0) is 39.5 Å². The summed E-state index contributed by atoms with van der Waals surface area (Å²) in [6.07, 6.45) is 8.06. The Morgan fingerprint density at radius 3 is 3.00 bits per heavy atom. The van der Waals surface area contributed by atoms with Gasteiger partial charge < -0.3 is 9.73 Å². The minimum absolute atomic E-state index is 0.723. The molecule has 3 nitrogen and oxygen atoms in total. The Hall–Kier alpha value is -1.24. The minimum Gasteiger partial charge on any atom is -0.469 e. The van der Waals surface area contributed by atoms with E-state index in [-0.39, 0.29) is 0 Å². The molecule has 0 aromatic carbocycles. The maximum absolute atomic E-state index is 5.22. The topological polar surface area (TPSA) is 28.4 Å². The van der Waals surface area contributed by atoms with Crippen molar-refractivity contribution in [2.45, 2.75) is 19.9 Å². The van der Waals surface area contributed by atoms with Crippen molar-refractivity contribution < 1.29 is 4.42 Å². The summed E-state index contributed by atoms with van der Waals surface area (Å²) in [5, 5.41) is 3.39. The van der Waals surface area contributed by atoms with Crippen LogP contribution in [-0.2, 0) is 6.54 Å². The molecule has 0 spiro atoms. The lowest BCUT2D eigenvalue weighted by Crippen LogP contribution is -2.24. The fourth-order valence-corrected chi connectivity index (χ4v) is 1.53. The standard InChI is InChI=1S/C13H20N2O/c1-4-8-15(3)9-5-7-14-11-13-6-10-16-12(13)2/h1,6,10,14H,5,7-9,11H2,2-3H3. The highest BCUT2D eigenvalue weighted by molar-refractivity contribution is 5.14. The Kier molecular flexibility index (Phi) is 5.69. The third-order valence-electron chi connectivity index (χ3n) is 2.54. The summed E-state index contributed by atoms with van der Waals surface area (Å²) < 4.78 is 5.22. The van der Waals surface area contributed by atoms with E-state index in [4.69, 9.17) is 10.8 Å². The quantitative estimate of drug-likeness (QED) is 0.559. The van der Waals surface area contributed by atoms with Crippen LogP contribution in [0.4, 0.5) is 0 Å². The summed E-state index contributed by atoms with van der Waals surface area (Å²) in [5.41, 5.74) is 1.23. The van der Waals surface area contributed by atoms with Gasteiger partial charge in [0, 0.05) is 12.1 Å². The average Bonchev–Trinajstić information content (AvgIpc) is 2.64. The fraction of sp³-hybridized carbons (Fsp3) is 0.538. The first-order chi connectivity index (χ1) is 7.74. The van der Waals surface area contributed by atoms with Crippen LogP contribution in [0.5, 0.6) is 0 Å². The summed E-state index contributed by atoms with van der Waals surface area (Å²) in [7, 11) is 2.04. The van der Waals surface area contributed by atoms with Gasteiger partial charge in [-0.1, -0.05) is 5.92 Å². The van der Waals surface area contributed by atoms with Gasteiger partial charge in [0.1, 0.15) is 5.76 Å². The molecule has 0 saturated carbocycles. The van der Waals surface area contributed by atoms with Crippen LogP contribution >= 0.6 is 0 Å². The Labute approximate surface area is 97.8 Å². The molecule has 1 aromatic rings. The average molecular weight is 220 g/mol. The van der Waals surface area contributed by atoms with Crippen molar-refractivity contribution in [3.05, 3.63) is 23.7 Å². The van der Waals surface area contributed by atoms with Crippen molar-refractivity contribution in [3.8, 4) is 12.3 Å². The summed E-state index contributed by atoms with van der Waals surface area (Å²) in [5.74, 6) is 3.63. The first-order valence-corrected chi connectivity index (χ1v) is 5.59. The number of nitrogens with zero attached hydrogens (tertiary/aromatic N) is 1. The maximum atomic E-state index is 5.22. The van der Waals surface area contributed by atoms with E-state index in [1.165, 1.54) is 5.56 Å². The van der Waals surface area contributed by atoms with E-state index < -0.39 is 0 Å². The molecule has 0 saturated heterocycles. The van der Waals surface area contributed by atoms with Gasteiger partial charge in [0.2, 0.25) is 0 Å². The molecular formula is C13H20N2O. The molecule has 0 bridgehead atoms. The first-order valence-electron chi connectivity index (χ1n) is 5.59. The Balaban J connectivity index is 2.05. The van der Waals surface area contributed by atoms with E-state index in [1.54, 1.807) is 6.26 Å². The van der Waals surface area contributed by atoms with Gasteiger partial charge in [-0.2, -0.15) is 0 Å². The molecule has 0 atom stereocenters. The highest BCUT2D eigenvalue weighted by Crippen LogP contribution is 2.07. The zero-order chi connectivity index (χ0) is 11.8. The lowest BCUT2D eigenvalue weighted by molar-refractivity contribution is 0.365. The van der Waals surface area contributed by atoms with Gasteiger partial charge in [-0.15, -0.1) is 6.42 Å². The molecule has 1 N–H and O–H groups in total. The monoisotopic (exact) mass is 220 g/mol. The van der Waals surface area contributed by atoms with Crippen molar-refractivity contribution in [3.63, 3.8) is 0 Å². The van der Waals surface area contributed by atoms with E-state index in [0.29, 0.717) is 0 Å². The third-order valence-corrected chi connectivity index (χ3v) is 2.54. The molecule has 0 fully saturated rings. The van der Waals surface area contributed by atoms with Crippen LogP contribution in [0.15, 0.2) is 16.7 Å². The predicted molar refractivity (Wildman–Crippen MR) is 66.1 cm³/mol. The van der Waals surface area contributed by atoms with Gasteiger partial charge in [0.25, 0.3) is 0 Å². The van der Waals surface area contributed by atoms with E-state index in [9.17, 15) is 0 Å². The normalized spacial score (nSPS) is 10.6. The molecule has 16 heavy (non-hydrogen) atoms. The Bertz CT molecular complexity index is 338.